The predicted molar refractivity (Wildman–Crippen MR) is 93.5 cm³/mol. The Bertz CT molecular complexity index is 893. The number of amides is 2. The SMILES string of the molecule is CN(CC(=O)N[C@H]1CCS(=O)(=O)C1)C(=O)c1ccc(-n2cccn2)nc1. The van der Waals surface area contributed by atoms with Gasteiger partial charge in [-0.3, -0.25) is 9.59 Å². The van der Waals surface area contributed by atoms with E-state index in [1.807, 2.05) is 0 Å². The summed E-state index contributed by atoms with van der Waals surface area (Å²) in [5.41, 5.74) is 0.347. The Hall–Kier alpha value is -2.75. The highest BCUT2D eigenvalue weighted by molar-refractivity contribution is 7.91. The fourth-order valence-electron chi connectivity index (χ4n) is 2.74. The quantitative estimate of drug-likeness (QED) is 0.761. The molecule has 1 saturated heterocycles. The minimum Gasteiger partial charge on any atom is -0.351 e. The molecule has 0 saturated carbocycles. The van der Waals surface area contributed by atoms with Gasteiger partial charge in [0.15, 0.2) is 15.7 Å². The van der Waals surface area contributed by atoms with Crippen LogP contribution in [0.4, 0.5) is 0 Å². The van der Waals surface area contributed by atoms with Crippen molar-refractivity contribution in [1.29, 1.82) is 0 Å². The smallest absolute Gasteiger partial charge is 0.255 e. The zero-order valence-electron chi connectivity index (χ0n) is 14.2. The van der Waals surface area contributed by atoms with E-state index in [0.29, 0.717) is 17.8 Å². The Balaban J connectivity index is 1.56. The van der Waals surface area contributed by atoms with Gasteiger partial charge in [0.1, 0.15) is 0 Å². The number of carbonyl (C=O) groups excluding carboxylic acids is 2. The van der Waals surface area contributed by atoms with E-state index in [0.717, 1.165) is 0 Å². The molecule has 2 amide bonds. The molecule has 0 spiro atoms. The minimum absolute atomic E-state index is 0.0464. The van der Waals surface area contributed by atoms with Crippen LogP contribution in [0.15, 0.2) is 36.8 Å². The Kier molecular flexibility index (Phi) is 5.03. The normalized spacial score (nSPS) is 18.4. The van der Waals surface area contributed by atoms with E-state index in [-0.39, 0.29) is 35.9 Å². The molecule has 1 atom stereocenters. The molecule has 1 aliphatic heterocycles. The summed E-state index contributed by atoms with van der Waals surface area (Å²) in [6, 6.07) is 4.66. The minimum atomic E-state index is -3.06. The number of sulfone groups is 1. The fourth-order valence-corrected chi connectivity index (χ4v) is 4.42. The standard InChI is InChI=1S/C16H19N5O4S/c1-20(10-15(22)19-13-5-8-26(24,25)11-13)16(23)12-3-4-14(17-9-12)21-7-2-6-18-21/h2-4,6-7,9,13H,5,8,10-11H2,1H3,(H,19,22)/t13-/m0/s1. The summed E-state index contributed by atoms with van der Waals surface area (Å²) in [7, 11) is -1.55. The number of carbonyl (C=O) groups is 2. The molecule has 2 aromatic rings. The van der Waals surface area contributed by atoms with E-state index in [1.54, 1.807) is 35.3 Å². The summed E-state index contributed by atoms with van der Waals surface area (Å²) in [5, 5.41) is 6.72. The van der Waals surface area contributed by atoms with E-state index in [1.165, 1.54) is 18.1 Å². The lowest BCUT2D eigenvalue weighted by molar-refractivity contribution is -0.122. The zero-order chi connectivity index (χ0) is 18.7. The second-order valence-corrected chi connectivity index (χ2v) is 8.41. The van der Waals surface area contributed by atoms with Crippen LogP contribution in [0.3, 0.4) is 0 Å². The number of nitrogens with one attached hydrogen (secondary N) is 1. The molecule has 1 aliphatic rings. The van der Waals surface area contributed by atoms with Crippen molar-refractivity contribution >= 4 is 21.7 Å². The molecular weight excluding hydrogens is 358 g/mol. The lowest BCUT2D eigenvalue weighted by Gasteiger charge is -2.18. The monoisotopic (exact) mass is 377 g/mol. The van der Waals surface area contributed by atoms with Crippen molar-refractivity contribution < 1.29 is 18.0 Å². The van der Waals surface area contributed by atoms with Gasteiger partial charge in [0.25, 0.3) is 5.91 Å². The number of hydrogen-bond acceptors (Lipinski definition) is 6. The number of likely N-dealkylation sites (N-methyl/N-ethyl adjacent to an activating group) is 1. The van der Waals surface area contributed by atoms with Gasteiger partial charge >= 0.3 is 0 Å². The molecule has 10 heteroatoms. The Morgan fingerprint density at radius 3 is 2.77 bits per heavy atom. The molecular formula is C16H19N5O4S. The maximum Gasteiger partial charge on any atom is 0.255 e. The number of hydrogen-bond donors (Lipinski definition) is 1. The average Bonchev–Trinajstić information content (AvgIpc) is 3.24. The number of pyridine rings is 1. The highest BCUT2D eigenvalue weighted by Crippen LogP contribution is 2.11. The third-order valence-corrected chi connectivity index (χ3v) is 5.83. The molecule has 138 valence electrons. The van der Waals surface area contributed by atoms with Crippen molar-refractivity contribution in [1.82, 2.24) is 25.0 Å². The van der Waals surface area contributed by atoms with Gasteiger partial charge in [0.2, 0.25) is 5.91 Å². The van der Waals surface area contributed by atoms with E-state index in [9.17, 15) is 18.0 Å². The molecule has 2 aromatic heterocycles. The summed E-state index contributed by atoms with van der Waals surface area (Å²) in [5.74, 6) is -0.118. The van der Waals surface area contributed by atoms with Gasteiger partial charge in [-0.2, -0.15) is 5.10 Å². The van der Waals surface area contributed by atoms with Crippen LogP contribution in [-0.2, 0) is 14.6 Å². The summed E-state index contributed by atoms with van der Waals surface area (Å²) >= 11 is 0. The number of rotatable bonds is 5. The lowest BCUT2D eigenvalue weighted by Crippen LogP contribution is -2.43. The van der Waals surface area contributed by atoms with Crippen LogP contribution in [0, 0.1) is 0 Å². The first-order valence-corrected chi connectivity index (χ1v) is 9.87. The first-order chi connectivity index (χ1) is 12.3. The van der Waals surface area contributed by atoms with Crippen LogP contribution >= 0.6 is 0 Å². The van der Waals surface area contributed by atoms with Crippen molar-refractivity contribution in [2.75, 3.05) is 25.1 Å². The van der Waals surface area contributed by atoms with Crippen LogP contribution in [0.2, 0.25) is 0 Å². The predicted octanol–water partition coefficient (Wildman–Crippen LogP) is -0.357. The first kappa shape index (κ1) is 18.1. The van der Waals surface area contributed by atoms with Gasteiger partial charge in [-0.05, 0) is 24.6 Å². The Morgan fingerprint density at radius 1 is 1.38 bits per heavy atom. The molecule has 9 nitrogen and oxygen atoms in total. The number of nitrogens with zero attached hydrogens (tertiary/aromatic N) is 4. The van der Waals surface area contributed by atoms with Crippen molar-refractivity contribution in [3.05, 3.63) is 42.4 Å². The fraction of sp³-hybridized carbons (Fsp3) is 0.375. The third-order valence-electron chi connectivity index (χ3n) is 4.06. The molecule has 3 heterocycles. The summed E-state index contributed by atoms with van der Waals surface area (Å²) in [6.07, 6.45) is 5.20. The molecule has 1 N–H and O–H groups in total. The van der Waals surface area contributed by atoms with Crippen LogP contribution in [0.25, 0.3) is 5.82 Å². The second kappa shape index (κ2) is 7.24. The molecule has 1 fully saturated rings. The van der Waals surface area contributed by atoms with E-state index in [2.05, 4.69) is 15.4 Å². The van der Waals surface area contributed by atoms with Crippen molar-refractivity contribution in [2.24, 2.45) is 0 Å². The van der Waals surface area contributed by atoms with Crippen LogP contribution in [0.5, 0.6) is 0 Å². The van der Waals surface area contributed by atoms with E-state index >= 15 is 0 Å². The van der Waals surface area contributed by atoms with Crippen molar-refractivity contribution in [2.45, 2.75) is 12.5 Å². The Morgan fingerprint density at radius 2 is 2.19 bits per heavy atom. The van der Waals surface area contributed by atoms with Crippen molar-refractivity contribution in [3.8, 4) is 5.82 Å². The van der Waals surface area contributed by atoms with Gasteiger partial charge in [-0.15, -0.1) is 0 Å². The largest absolute Gasteiger partial charge is 0.351 e. The van der Waals surface area contributed by atoms with Gasteiger partial charge < -0.3 is 10.2 Å². The average molecular weight is 377 g/mol. The lowest BCUT2D eigenvalue weighted by atomic mass is 10.2. The second-order valence-electron chi connectivity index (χ2n) is 6.18. The first-order valence-electron chi connectivity index (χ1n) is 8.05. The topological polar surface area (TPSA) is 114 Å². The van der Waals surface area contributed by atoms with Gasteiger partial charge in [0.05, 0.1) is 23.6 Å². The van der Waals surface area contributed by atoms with Crippen LogP contribution in [0.1, 0.15) is 16.8 Å². The zero-order valence-corrected chi connectivity index (χ0v) is 15.0. The molecule has 3 rings (SSSR count). The maximum atomic E-state index is 12.4. The van der Waals surface area contributed by atoms with Gasteiger partial charge in [-0.25, -0.2) is 18.1 Å². The molecule has 0 unspecified atom stereocenters. The van der Waals surface area contributed by atoms with Gasteiger partial charge in [0, 0.05) is 31.7 Å². The molecule has 0 aromatic carbocycles. The maximum absolute atomic E-state index is 12.4. The van der Waals surface area contributed by atoms with Crippen molar-refractivity contribution in [3.63, 3.8) is 0 Å². The van der Waals surface area contributed by atoms with Gasteiger partial charge in [-0.1, -0.05) is 0 Å². The van der Waals surface area contributed by atoms with E-state index in [4.69, 9.17) is 0 Å². The van der Waals surface area contributed by atoms with Crippen LogP contribution < -0.4 is 5.32 Å². The number of aromatic nitrogens is 3. The highest BCUT2D eigenvalue weighted by Gasteiger charge is 2.29. The molecule has 0 bridgehead atoms. The molecule has 0 aliphatic carbocycles. The summed E-state index contributed by atoms with van der Waals surface area (Å²) in [6.45, 7) is -0.156. The summed E-state index contributed by atoms with van der Waals surface area (Å²) in [4.78, 5) is 29.9. The molecule has 26 heavy (non-hydrogen) atoms. The highest BCUT2D eigenvalue weighted by atomic mass is 32.2. The molecule has 0 radical (unpaired) electrons. The summed E-state index contributed by atoms with van der Waals surface area (Å²) < 4.78 is 24.4. The van der Waals surface area contributed by atoms with Crippen LogP contribution in [-0.4, -0.2) is 71.0 Å². The Labute approximate surface area is 150 Å². The van der Waals surface area contributed by atoms with E-state index < -0.39 is 9.84 Å². The third kappa shape index (κ3) is 4.26.